The zero-order valence-electron chi connectivity index (χ0n) is 19.0. The SMILES string of the molecule is CCCCCCC1CC[C@]2(CC1)C(=O)[C@@]1(CCC(CCCCCC)CC1)C2(Cl)Cl. The number of halogens is 2. The minimum Gasteiger partial charge on any atom is -0.298 e. The molecular weight excluding hydrogens is 399 g/mol. The highest BCUT2D eigenvalue weighted by atomic mass is 35.5. The van der Waals surface area contributed by atoms with Gasteiger partial charge in [-0.25, -0.2) is 0 Å². The molecule has 3 aliphatic rings. The average Bonchev–Trinajstić information content (AvgIpc) is 2.74. The Bertz CT molecular complexity index is 481. The maximum Gasteiger partial charge on any atom is 0.151 e. The number of hydrogen-bond donors (Lipinski definition) is 0. The molecule has 0 aliphatic heterocycles. The molecule has 0 radical (unpaired) electrons. The van der Waals surface area contributed by atoms with E-state index in [9.17, 15) is 4.79 Å². The van der Waals surface area contributed by atoms with Crippen LogP contribution in [0.1, 0.15) is 129 Å². The third-order valence-electron chi connectivity index (χ3n) is 8.92. The van der Waals surface area contributed by atoms with Crippen molar-refractivity contribution >= 4 is 29.0 Å². The third kappa shape index (κ3) is 4.44. The molecule has 29 heavy (non-hydrogen) atoms. The van der Waals surface area contributed by atoms with Crippen molar-refractivity contribution < 1.29 is 4.79 Å². The van der Waals surface area contributed by atoms with Crippen LogP contribution in [0.5, 0.6) is 0 Å². The molecule has 168 valence electrons. The van der Waals surface area contributed by atoms with E-state index in [2.05, 4.69) is 13.8 Å². The standard InChI is InChI=1S/C26H44Cl2O/c1-3-5-7-9-11-21-13-17-24(18-14-21)23(29)25(26(24,27)28)19-15-22(16-20-25)12-10-8-6-4-2/h21-22H,3-20H2,1-2H3/t21?,22?,24-,25-. The van der Waals surface area contributed by atoms with Crippen molar-refractivity contribution in [3.8, 4) is 0 Å². The van der Waals surface area contributed by atoms with Gasteiger partial charge in [-0.1, -0.05) is 101 Å². The Morgan fingerprint density at radius 1 is 0.690 bits per heavy atom. The lowest BCUT2D eigenvalue weighted by atomic mass is 9.42. The molecule has 3 rings (SSSR count). The van der Waals surface area contributed by atoms with Gasteiger partial charge in [-0.15, -0.1) is 0 Å². The highest BCUT2D eigenvalue weighted by Gasteiger charge is 2.78. The summed E-state index contributed by atoms with van der Waals surface area (Å²) in [4.78, 5) is 13.6. The molecule has 0 aromatic carbocycles. The van der Waals surface area contributed by atoms with Crippen molar-refractivity contribution in [2.45, 2.75) is 134 Å². The Morgan fingerprint density at radius 2 is 1.07 bits per heavy atom. The Morgan fingerprint density at radius 3 is 1.38 bits per heavy atom. The molecule has 0 heterocycles. The van der Waals surface area contributed by atoms with Crippen LogP contribution in [-0.4, -0.2) is 10.1 Å². The Balaban J connectivity index is 1.50. The van der Waals surface area contributed by atoms with Crippen LogP contribution in [0, 0.1) is 22.7 Å². The number of hydrogen-bond acceptors (Lipinski definition) is 1. The molecule has 0 aromatic heterocycles. The summed E-state index contributed by atoms with van der Waals surface area (Å²) in [5, 5.41) is 0. The van der Waals surface area contributed by atoms with Gasteiger partial charge in [-0.3, -0.25) is 4.79 Å². The monoisotopic (exact) mass is 442 g/mol. The third-order valence-corrected chi connectivity index (χ3v) is 10.4. The highest BCUT2D eigenvalue weighted by Crippen LogP contribution is 2.74. The maximum atomic E-state index is 13.6. The largest absolute Gasteiger partial charge is 0.298 e. The fraction of sp³-hybridized carbons (Fsp3) is 0.962. The molecule has 0 atom stereocenters. The van der Waals surface area contributed by atoms with Gasteiger partial charge in [-0.05, 0) is 63.2 Å². The number of carbonyl (C=O) groups is 1. The summed E-state index contributed by atoms with van der Waals surface area (Å²) < 4.78 is -0.822. The van der Waals surface area contributed by atoms with Crippen LogP contribution in [0.4, 0.5) is 0 Å². The van der Waals surface area contributed by atoms with E-state index in [1.165, 1.54) is 64.2 Å². The fourth-order valence-electron chi connectivity index (χ4n) is 6.86. The fourth-order valence-corrected chi connectivity index (χ4v) is 7.96. The quantitative estimate of drug-likeness (QED) is 0.243. The molecule has 3 heteroatoms. The zero-order valence-corrected chi connectivity index (χ0v) is 20.6. The van der Waals surface area contributed by atoms with Crippen LogP contribution < -0.4 is 0 Å². The summed E-state index contributed by atoms with van der Waals surface area (Å²) in [7, 11) is 0. The summed E-state index contributed by atoms with van der Waals surface area (Å²) in [5.74, 6) is 2.01. The van der Waals surface area contributed by atoms with Gasteiger partial charge in [0.1, 0.15) is 4.33 Å². The van der Waals surface area contributed by atoms with Crippen LogP contribution in [0.15, 0.2) is 0 Å². The van der Waals surface area contributed by atoms with E-state index in [4.69, 9.17) is 23.2 Å². The molecular formula is C26H44Cl2O. The van der Waals surface area contributed by atoms with E-state index < -0.39 is 15.2 Å². The van der Waals surface area contributed by atoms with E-state index >= 15 is 0 Å². The average molecular weight is 444 g/mol. The highest BCUT2D eigenvalue weighted by molar-refractivity contribution is 6.55. The van der Waals surface area contributed by atoms with E-state index in [0.29, 0.717) is 5.78 Å². The van der Waals surface area contributed by atoms with Gasteiger partial charge >= 0.3 is 0 Å². The number of ketones is 1. The van der Waals surface area contributed by atoms with Crippen LogP contribution in [-0.2, 0) is 4.79 Å². The minimum atomic E-state index is -0.822. The van der Waals surface area contributed by atoms with Crippen LogP contribution in [0.3, 0.4) is 0 Å². The molecule has 3 fully saturated rings. The lowest BCUT2D eigenvalue weighted by Gasteiger charge is -2.67. The summed E-state index contributed by atoms with van der Waals surface area (Å²) >= 11 is 14.2. The molecule has 0 amide bonds. The molecule has 2 spiro atoms. The minimum absolute atomic E-state index is 0.427. The number of rotatable bonds is 10. The first-order valence-corrected chi connectivity index (χ1v) is 13.6. The lowest BCUT2D eigenvalue weighted by molar-refractivity contribution is -0.172. The summed E-state index contributed by atoms with van der Waals surface area (Å²) in [6.07, 6.45) is 21.7. The summed E-state index contributed by atoms with van der Waals surface area (Å²) in [6, 6.07) is 0. The number of unbranched alkanes of at least 4 members (excludes halogenated alkanes) is 6. The van der Waals surface area contributed by atoms with Gasteiger partial charge in [-0.2, -0.15) is 0 Å². The first kappa shape index (κ1) is 23.9. The number of carbonyl (C=O) groups excluding carboxylic acids is 1. The second-order valence-electron chi connectivity index (χ2n) is 10.7. The van der Waals surface area contributed by atoms with E-state index in [0.717, 1.165) is 63.2 Å². The predicted molar refractivity (Wildman–Crippen MR) is 126 cm³/mol. The van der Waals surface area contributed by atoms with Crippen molar-refractivity contribution in [3.63, 3.8) is 0 Å². The second-order valence-corrected chi connectivity index (χ2v) is 12.0. The Hall–Kier alpha value is 0.250. The zero-order chi connectivity index (χ0) is 21.0. The molecule has 0 saturated heterocycles. The molecule has 0 N–H and O–H groups in total. The lowest BCUT2D eigenvalue weighted by Crippen LogP contribution is -2.74. The van der Waals surface area contributed by atoms with E-state index in [1.807, 2.05) is 0 Å². The van der Waals surface area contributed by atoms with Crippen LogP contribution >= 0.6 is 23.2 Å². The topological polar surface area (TPSA) is 17.1 Å². The molecule has 0 bridgehead atoms. The molecule has 1 nitrogen and oxygen atoms in total. The van der Waals surface area contributed by atoms with Crippen molar-refractivity contribution in [3.05, 3.63) is 0 Å². The summed E-state index contributed by atoms with van der Waals surface area (Å²) in [5.41, 5.74) is -0.853. The Kier molecular flexibility index (Phi) is 8.44. The van der Waals surface area contributed by atoms with Crippen molar-refractivity contribution in [1.82, 2.24) is 0 Å². The van der Waals surface area contributed by atoms with Crippen LogP contribution in [0.2, 0.25) is 0 Å². The first-order valence-electron chi connectivity index (χ1n) is 12.9. The van der Waals surface area contributed by atoms with E-state index in [-0.39, 0.29) is 0 Å². The second kappa shape index (κ2) is 10.2. The van der Waals surface area contributed by atoms with Gasteiger partial charge < -0.3 is 0 Å². The number of Topliss-reactive ketones (excluding diaryl/α,β-unsaturated/α-hetero) is 1. The normalized spacial score (nSPS) is 36.5. The van der Waals surface area contributed by atoms with Gasteiger partial charge in [0.15, 0.2) is 5.78 Å². The number of alkyl halides is 2. The van der Waals surface area contributed by atoms with Crippen molar-refractivity contribution in [2.24, 2.45) is 22.7 Å². The molecule has 3 saturated carbocycles. The smallest absolute Gasteiger partial charge is 0.151 e. The first-order chi connectivity index (χ1) is 13.9. The molecule has 0 aromatic rings. The molecule has 0 unspecified atom stereocenters. The van der Waals surface area contributed by atoms with Gasteiger partial charge in [0.05, 0.1) is 10.8 Å². The van der Waals surface area contributed by atoms with Gasteiger partial charge in [0.25, 0.3) is 0 Å². The van der Waals surface area contributed by atoms with Gasteiger partial charge in [0, 0.05) is 0 Å². The van der Waals surface area contributed by atoms with Crippen LogP contribution in [0.25, 0.3) is 0 Å². The maximum absolute atomic E-state index is 13.6. The van der Waals surface area contributed by atoms with Crippen molar-refractivity contribution in [1.29, 1.82) is 0 Å². The molecule has 3 aliphatic carbocycles. The van der Waals surface area contributed by atoms with E-state index in [1.54, 1.807) is 0 Å². The van der Waals surface area contributed by atoms with Crippen molar-refractivity contribution in [2.75, 3.05) is 0 Å². The predicted octanol–water partition coefficient (Wildman–Crippen LogP) is 9.04. The van der Waals surface area contributed by atoms with Gasteiger partial charge in [0.2, 0.25) is 0 Å². The summed E-state index contributed by atoms with van der Waals surface area (Å²) in [6.45, 7) is 4.53. The Labute approximate surface area is 190 Å².